The van der Waals surface area contributed by atoms with Gasteiger partial charge in [-0.1, -0.05) is 37.3 Å². The van der Waals surface area contributed by atoms with Crippen LogP contribution in [0.2, 0.25) is 0 Å². The molecule has 0 radical (unpaired) electrons. The number of nitrogens with zero attached hydrogens (tertiary/aromatic N) is 1. The summed E-state index contributed by atoms with van der Waals surface area (Å²) in [5.41, 5.74) is 1.24. The van der Waals surface area contributed by atoms with Crippen molar-refractivity contribution in [1.82, 2.24) is 4.90 Å². The highest BCUT2D eigenvalue weighted by molar-refractivity contribution is 5.23. The largest absolute Gasteiger partial charge is 0.390 e. The molecule has 2 atom stereocenters. The fourth-order valence-electron chi connectivity index (χ4n) is 2.16. The number of aliphatic hydroxyl groups is 1. The normalized spacial score (nSPS) is 27.3. The fourth-order valence-corrected chi connectivity index (χ4v) is 2.16. The number of rotatable bonds is 3. The maximum atomic E-state index is 9.72. The molecule has 1 aromatic rings. The number of hydrogen-bond donors (Lipinski definition) is 1. The first kappa shape index (κ1) is 9.69. The zero-order valence-corrected chi connectivity index (χ0v) is 8.56. The quantitative estimate of drug-likeness (QED) is 0.787. The van der Waals surface area contributed by atoms with E-state index in [0.717, 1.165) is 19.5 Å². The van der Waals surface area contributed by atoms with Crippen LogP contribution in [0, 0.1) is 0 Å². The van der Waals surface area contributed by atoms with E-state index < -0.39 is 0 Å². The van der Waals surface area contributed by atoms with Gasteiger partial charge in [0.15, 0.2) is 0 Å². The van der Waals surface area contributed by atoms with Gasteiger partial charge >= 0.3 is 0 Å². The molecule has 0 aliphatic carbocycles. The summed E-state index contributed by atoms with van der Waals surface area (Å²) in [5.74, 6) is 0. The molecule has 1 saturated heterocycles. The highest BCUT2D eigenvalue weighted by Crippen LogP contribution is 2.33. The van der Waals surface area contributed by atoms with Crippen LogP contribution in [0.4, 0.5) is 0 Å². The third-order valence-electron chi connectivity index (χ3n) is 2.83. The van der Waals surface area contributed by atoms with Crippen molar-refractivity contribution in [3.05, 3.63) is 35.9 Å². The molecule has 0 aromatic heterocycles. The molecule has 2 heteroatoms. The lowest BCUT2D eigenvalue weighted by molar-refractivity contribution is -0.0630. The molecule has 1 fully saturated rings. The van der Waals surface area contributed by atoms with Crippen LogP contribution in [-0.2, 0) is 0 Å². The summed E-state index contributed by atoms with van der Waals surface area (Å²) in [6.45, 7) is 4.08. The van der Waals surface area contributed by atoms with E-state index in [9.17, 15) is 5.11 Å². The Hall–Kier alpha value is -0.860. The van der Waals surface area contributed by atoms with Crippen molar-refractivity contribution in [3.8, 4) is 0 Å². The summed E-state index contributed by atoms with van der Waals surface area (Å²) >= 11 is 0. The minimum atomic E-state index is -0.177. The highest BCUT2D eigenvalue weighted by Gasteiger charge is 2.37. The summed E-state index contributed by atoms with van der Waals surface area (Å²) in [5, 5.41) is 9.72. The predicted molar refractivity (Wildman–Crippen MR) is 57.1 cm³/mol. The summed E-state index contributed by atoms with van der Waals surface area (Å²) in [4.78, 5) is 2.33. The molecule has 0 bridgehead atoms. The Morgan fingerprint density at radius 1 is 1.36 bits per heavy atom. The average Bonchev–Trinajstić information content (AvgIpc) is 2.19. The van der Waals surface area contributed by atoms with Crippen molar-refractivity contribution in [3.63, 3.8) is 0 Å². The van der Waals surface area contributed by atoms with Gasteiger partial charge in [-0.25, -0.2) is 0 Å². The lowest BCUT2D eigenvalue weighted by atomic mass is 9.91. The number of benzene rings is 1. The number of likely N-dealkylation sites (tertiary alicyclic amines) is 1. The highest BCUT2D eigenvalue weighted by atomic mass is 16.3. The molecule has 2 unspecified atom stereocenters. The third-order valence-corrected chi connectivity index (χ3v) is 2.83. The molecule has 0 spiro atoms. The van der Waals surface area contributed by atoms with Crippen LogP contribution in [0.1, 0.15) is 24.9 Å². The Morgan fingerprint density at radius 2 is 2.07 bits per heavy atom. The molecule has 0 amide bonds. The fraction of sp³-hybridized carbons (Fsp3) is 0.500. The molecule has 1 aliphatic rings. The van der Waals surface area contributed by atoms with Crippen LogP contribution in [0.3, 0.4) is 0 Å². The maximum absolute atomic E-state index is 9.72. The average molecular weight is 191 g/mol. The second kappa shape index (κ2) is 4.11. The van der Waals surface area contributed by atoms with E-state index in [1.807, 2.05) is 18.2 Å². The van der Waals surface area contributed by atoms with Gasteiger partial charge in [0, 0.05) is 6.54 Å². The minimum absolute atomic E-state index is 0.177. The SMILES string of the molecule is CCCN1CC(O)C1c1ccccc1. The molecule has 2 rings (SSSR count). The number of β-amino-alcohol motifs (C(OH)–C–C–N with tert-alkyl or cyclic N) is 1. The van der Waals surface area contributed by atoms with Crippen molar-refractivity contribution >= 4 is 0 Å². The summed E-state index contributed by atoms with van der Waals surface area (Å²) in [6.07, 6.45) is 0.972. The molecule has 1 N–H and O–H groups in total. The van der Waals surface area contributed by atoms with E-state index in [-0.39, 0.29) is 12.1 Å². The molecule has 2 nitrogen and oxygen atoms in total. The van der Waals surface area contributed by atoms with E-state index >= 15 is 0 Å². The van der Waals surface area contributed by atoms with E-state index in [4.69, 9.17) is 0 Å². The Labute approximate surface area is 85.2 Å². The number of aliphatic hydroxyl groups excluding tert-OH is 1. The van der Waals surface area contributed by atoms with Crippen molar-refractivity contribution in [2.24, 2.45) is 0 Å². The van der Waals surface area contributed by atoms with Crippen LogP contribution < -0.4 is 0 Å². The monoisotopic (exact) mass is 191 g/mol. The van der Waals surface area contributed by atoms with E-state index in [2.05, 4.69) is 24.0 Å². The lowest BCUT2D eigenvalue weighted by Gasteiger charge is -2.45. The van der Waals surface area contributed by atoms with Crippen LogP contribution in [0.5, 0.6) is 0 Å². The van der Waals surface area contributed by atoms with Gasteiger partial charge in [-0.05, 0) is 18.5 Å². The summed E-state index contributed by atoms with van der Waals surface area (Å²) < 4.78 is 0. The first-order chi connectivity index (χ1) is 6.83. The zero-order valence-electron chi connectivity index (χ0n) is 8.56. The van der Waals surface area contributed by atoms with Gasteiger partial charge in [0.2, 0.25) is 0 Å². The van der Waals surface area contributed by atoms with Gasteiger partial charge in [-0.2, -0.15) is 0 Å². The first-order valence-corrected chi connectivity index (χ1v) is 5.30. The molecule has 14 heavy (non-hydrogen) atoms. The number of hydrogen-bond acceptors (Lipinski definition) is 2. The molecule has 1 aliphatic heterocycles. The van der Waals surface area contributed by atoms with Crippen molar-refractivity contribution in [1.29, 1.82) is 0 Å². The van der Waals surface area contributed by atoms with Gasteiger partial charge in [0.1, 0.15) is 0 Å². The van der Waals surface area contributed by atoms with Crippen LogP contribution >= 0.6 is 0 Å². The molecular weight excluding hydrogens is 174 g/mol. The van der Waals surface area contributed by atoms with Crippen LogP contribution in [-0.4, -0.2) is 29.2 Å². The van der Waals surface area contributed by atoms with Gasteiger partial charge in [-0.15, -0.1) is 0 Å². The molecular formula is C12H17NO. The van der Waals surface area contributed by atoms with Crippen molar-refractivity contribution in [2.45, 2.75) is 25.5 Å². The Kier molecular flexibility index (Phi) is 2.85. The second-order valence-electron chi connectivity index (χ2n) is 3.92. The molecule has 1 aromatic carbocycles. The summed E-state index contributed by atoms with van der Waals surface area (Å²) in [7, 11) is 0. The van der Waals surface area contributed by atoms with E-state index in [1.54, 1.807) is 0 Å². The maximum Gasteiger partial charge on any atom is 0.0863 e. The van der Waals surface area contributed by atoms with Crippen molar-refractivity contribution < 1.29 is 5.11 Å². The molecule has 1 heterocycles. The second-order valence-corrected chi connectivity index (χ2v) is 3.92. The van der Waals surface area contributed by atoms with Gasteiger partial charge in [0.25, 0.3) is 0 Å². The molecule has 0 saturated carbocycles. The first-order valence-electron chi connectivity index (χ1n) is 5.30. The minimum Gasteiger partial charge on any atom is -0.390 e. The van der Waals surface area contributed by atoms with Crippen LogP contribution in [0.25, 0.3) is 0 Å². The van der Waals surface area contributed by atoms with Gasteiger partial charge in [-0.3, -0.25) is 4.90 Å². The van der Waals surface area contributed by atoms with Gasteiger partial charge in [0.05, 0.1) is 12.1 Å². The predicted octanol–water partition coefficient (Wildman–Crippen LogP) is 1.81. The summed E-state index contributed by atoms with van der Waals surface area (Å²) in [6, 6.07) is 10.5. The van der Waals surface area contributed by atoms with E-state index in [0.29, 0.717) is 0 Å². The lowest BCUT2D eigenvalue weighted by Crippen LogP contribution is -2.53. The van der Waals surface area contributed by atoms with Crippen LogP contribution in [0.15, 0.2) is 30.3 Å². The molecule has 76 valence electrons. The Morgan fingerprint density at radius 3 is 2.64 bits per heavy atom. The topological polar surface area (TPSA) is 23.5 Å². The van der Waals surface area contributed by atoms with E-state index in [1.165, 1.54) is 5.56 Å². The zero-order chi connectivity index (χ0) is 9.97. The van der Waals surface area contributed by atoms with Crippen molar-refractivity contribution in [2.75, 3.05) is 13.1 Å². The Balaban J connectivity index is 2.09. The smallest absolute Gasteiger partial charge is 0.0863 e. The van der Waals surface area contributed by atoms with Gasteiger partial charge < -0.3 is 5.11 Å². The third kappa shape index (κ3) is 1.68. The standard InChI is InChI=1S/C12H17NO/c1-2-8-13-9-11(14)12(13)10-6-4-3-5-7-10/h3-7,11-12,14H,2,8-9H2,1H3. The Bertz CT molecular complexity index is 284.